The van der Waals surface area contributed by atoms with Crippen LogP contribution < -0.4 is 20.8 Å². The monoisotopic (exact) mass is 410 g/mol. The molecule has 9 heteroatoms. The fourth-order valence-corrected chi connectivity index (χ4v) is 3.15. The van der Waals surface area contributed by atoms with Gasteiger partial charge in [0.15, 0.2) is 0 Å². The number of benzene rings is 2. The second-order valence-corrected chi connectivity index (χ2v) is 6.73. The molecule has 1 aliphatic heterocycles. The highest BCUT2D eigenvalue weighted by atomic mass is 16.5. The number of carbonyl (C=O) groups excluding carboxylic acids is 4. The summed E-state index contributed by atoms with van der Waals surface area (Å²) in [7, 11) is 1.50. The number of urea groups is 1. The van der Waals surface area contributed by atoms with Gasteiger partial charge in [-0.1, -0.05) is 30.3 Å². The molecule has 3 N–H and O–H groups in total. The summed E-state index contributed by atoms with van der Waals surface area (Å²) in [5.41, 5.74) is 8.97. The number of nitrogens with one attached hydrogen (secondary N) is 1. The molecule has 30 heavy (non-hydrogen) atoms. The van der Waals surface area contributed by atoms with Crippen LogP contribution in [-0.2, 0) is 20.8 Å². The molecule has 0 spiro atoms. The summed E-state index contributed by atoms with van der Waals surface area (Å²) in [6, 6.07) is 13.7. The van der Waals surface area contributed by atoms with E-state index in [1.54, 1.807) is 12.1 Å². The number of hydrazine groups is 1. The van der Waals surface area contributed by atoms with E-state index in [1.807, 2.05) is 30.3 Å². The van der Waals surface area contributed by atoms with Crippen LogP contribution in [0.4, 0.5) is 10.5 Å². The number of nitrogens with zero attached hydrogens (tertiary/aromatic N) is 2. The van der Waals surface area contributed by atoms with Gasteiger partial charge in [0.1, 0.15) is 11.8 Å². The Hall–Kier alpha value is -3.88. The van der Waals surface area contributed by atoms with Crippen molar-refractivity contribution in [2.75, 3.05) is 12.0 Å². The molecular formula is C21H22N4O5. The van der Waals surface area contributed by atoms with E-state index in [0.29, 0.717) is 17.9 Å². The third-order valence-corrected chi connectivity index (χ3v) is 4.67. The molecule has 9 nitrogen and oxygen atoms in total. The molecule has 156 valence electrons. The zero-order chi connectivity index (χ0) is 21.7. The molecule has 0 unspecified atom stereocenters. The first-order chi connectivity index (χ1) is 14.4. The Morgan fingerprint density at radius 1 is 1.07 bits per heavy atom. The third-order valence-electron chi connectivity index (χ3n) is 4.67. The predicted molar refractivity (Wildman–Crippen MR) is 108 cm³/mol. The lowest BCUT2D eigenvalue weighted by molar-refractivity contribution is -0.130. The zero-order valence-corrected chi connectivity index (χ0v) is 16.4. The smallest absolute Gasteiger partial charge is 0.350 e. The maximum absolute atomic E-state index is 12.9. The average Bonchev–Trinajstić information content (AvgIpc) is 2.96. The number of hydrogen-bond donors (Lipinski definition) is 2. The maximum atomic E-state index is 12.9. The number of carbonyl (C=O) groups is 4. The molecule has 1 aliphatic rings. The van der Waals surface area contributed by atoms with Gasteiger partial charge in [0.25, 0.3) is 5.91 Å². The molecule has 2 aromatic carbocycles. The van der Waals surface area contributed by atoms with E-state index in [4.69, 9.17) is 10.5 Å². The van der Waals surface area contributed by atoms with Crippen LogP contribution >= 0.6 is 0 Å². The highest BCUT2D eigenvalue weighted by Crippen LogP contribution is 2.27. The number of amides is 5. The summed E-state index contributed by atoms with van der Waals surface area (Å²) in [5.74, 6) is -1.31. The Kier molecular flexibility index (Phi) is 6.31. The Morgan fingerprint density at radius 2 is 1.73 bits per heavy atom. The number of hydrogen-bond acceptors (Lipinski definition) is 5. The molecule has 2 aromatic rings. The van der Waals surface area contributed by atoms with E-state index < -0.39 is 36.2 Å². The molecule has 1 fully saturated rings. The van der Waals surface area contributed by atoms with Crippen LogP contribution in [0.25, 0.3) is 0 Å². The number of ether oxygens (including phenoxy) is 1. The summed E-state index contributed by atoms with van der Waals surface area (Å²) in [6.45, 7) is 0. The number of methoxy groups -OCH3 is 1. The highest BCUT2D eigenvalue weighted by Gasteiger charge is 2.47. The van der Waals surface area contributed by atoms with E-state index in [1.165, 1.54) is 19.2 Å². The Balaban J connectivity index is 1.76. The van der Waals surface area contributed by atoms with Gasteiger partial charge in [-0.15, -0.1) is 0 Å². The van der Waals surface area contributed by atoms with Crippen LogP contribution in [0.1, 0.15) is 18.4 Å². The van der Waals surface area contributed by atoms with Gasteiger partial charge >= 0.3 is 6.03 Å². The Bertz CT molecular complexity index is 946. The minimum Gasteiger partial charge on any atom is -0.497 e. The summed E-state index contributed by atoms with van der Waals surface area (Å²) in [6.07, 6.45) is 0.162. The molecule has 0 saturated carbocycles. The van der Waals surface area contributed by atoms with E-state index >= 15 is 0 Å². The van der Waals surface area contributed by atoms with Crippen LogP contribution in [0.5, 0.6) is 5.75 Å². The van der Waals surface area contributed by atoms with Gasteiger partial charge in [-0.2, -0.15) is 0 Å². The Labute approximate surface area is 173 Å². The number of primary amides is 1. The number of rotatable bonds is 8. The predicted octanol–water partition coefficient (Wildman–Crippen LogP) is 1.37. The SMILES string of the molecule is COc1ccc(N2C(=O)[C@@H](CC(N)=O)N(NC(=O)CCc3ccccc3)C2=O)cc1. The molecule has 5 amide bonds. The minimum atomic E-state index is -1.21. The second kappa shape index (κ2) is 9.08. The van der Waals surface area contributed by atoms with Crippen LogP contribution in [-0.4, -0.2) is 41.9 Å². The van der Waals surface area contributed by atoms with E-state index in [9.17, 15) is 19.2 Å². The van der Waals surface area contributed by atoms with Gasteiger partial charge < -0.3 is 10.5 Å². The van der Waals surface area contributed by atoms with Gasteiger partial charge in [-0.3, -0.25) is 19.8 Å². The first-order valence-corrected chi connectivity index (χ1v) is 9.33. The first kappa shape index (κ1) is 20.8. The van der Waals surface area contributed by atoms with E-state index in [-0.39, 0.29) is 6.42 Å². The number of anilines is 1. The first-order valence-electron chi connectivity index (χ1n) is 9.33. The van der Waals surface area contributed by atoms with E-state index in [0.717, 1.165) is 15.5 Å². The van der Waals surface area contributed by atoms with Crippen molar-refractivity contribution in [2.24, 2.45) is 5.73 Å². The van der Waals surface area contributed by atoms with Crippen molar-refractivity contribution in [2.45, 2.75) is 25.3 Å². The molecule has 1 saturated heterocycles. The molecule has 0 bridgehead atoms. The molecule has 0 aromatic heterocycles. The summed E-state index contributed by atoms with van der Waals surface area (Å²) in [5, 5.41) is 0.880. The minimum absolute atomic E-state index is 0.105. The van der Waals surface area contributed by atoms with Crippen LogP contribution in [0.15, 0.2) is 54.6 Å². The summed E-state index contributed by atoms with van der Waals surface area (Å²) >= 11 is 0. The molecule has 1 heterocycles. The van der Waals surface area contributed by atoms with Gasteiger partial charge in [0.2, 0.25) is 11.8 Å². The fraction of sp³-hybridized carbons (Fsp3) is 0.238. The van der Waals surface area contributed by atoms with Crippen LogP contribution in [0.2, 0.25) is 0 Å². The van der Waals surface area contributed by atoms with Gasteiger partial charge in [-0.05, 0) is 36.2 Å². The van der Waals surface area contributed by atoms with Crippen LogP contribution in [0, 0.1) is 0 Å². The standard InChI is InChI=1S/C21H22N4O5/c1-30-16-10-8-15(9-11-16)24-20(28)17(13-18(22)26)25(21(24)29)23-19(27)12-7-14-5-3-2-4-6-14/h2-6,8-11,17H,7,12-13H2,1H3,(H2,22,26)(H,23,27)/t17-/m1/s1. The summed E-state index contributed by atoms with van der Waals surface area (Å²) < 4.78 is 5.08. The maximum Gasteiger partial charge on any atom is 0.350 e. The van der Waals surface area contributed by atoms with E-state index in [2.05, 4.69) is 5.43 Å². The van der Waals surface area contributed by atoms with Crippen molar-refractivity contribution in [3.63, 3.8) is 0 Å². The lowest BCUT2D eigenvalue weighted by Crippen LogP contribution is -2.50. The van der Waals surface area contributed by atoms with Crippen molar-refractivity contribution in [3.05, 3.63) is 60.2 Å². The van der Waals surface area contributed by atoms with Crippen molar-refractivity contribution >= 4 is 29.4 Å². The Morgan fingerprint density at radius 3 is 2.33 bits per heavy atom. The fourth-order valence-electron chi connectivity index (χ4n) is 3.15. The molecule has 1 atom stereocenters. The topological polar surface area (TPSA) is 122 Å². The molecule has 3 rings (SSSR count). The van der Waals surface area contributed by atoms with Crippen molar-refractivity contribution in [1.82, 2.24) is 10.4 Å². The largest absolute Gasteiger partial charge is 0.497 e. The number of nitrogens with two attached hydrogens (primary N) is 1. The molecular weight excluding hydrogens is 388 g/mol. The van der Waals surface area contributed by atoms with Gasteiger partial charge in [0.05, 0.1) is 19.2 Å². The highest BCUT2D eigenvalue weighted by molar-refractivity contribution is 6.22. The van der Waals surface area contributed by atoms with Crippen molar-refractivity contribution in [3.8, 4) is 5.75 Å². The molecule has 0 radical (unpaired) electrons. The zero-order valence-electron chi connectivity index (χ0n) is 16.4. The lowest BCUT2D eigenvalue weighted by Gasteiger charge is -2.21. The van der Waals surface area contributed by atoms with Crippen molar-refractivity contribution < 1.29 is 23.9 Å². The number of imide groups is 1. The van der Waals surface area contributed by atoms with Crippen LogP contribution in [0.3, 0.4) is 0 Å². The normalized spacial score (nSPS) is 16.0. The van der Waals surface area contributed by atoms with Gasteiger partial charge in [-0.25, -0.2) is 14.7 Å². The van der Waals surface area contributed by atoms with Gasteiger partial charge in [0, 0.05) is 6.42 Å². The average molecular weight is 410 g/mol. The quantitative estimate of drug-likeness (QED) is 0.637. The number of aryl methyl sites for hydroxylation is 1. The molecule has 0 aliphatic carbocycles. The van der Waals surface area contributed by atoms with Crippen molar-refractivity contribution in [1.29, 1.82) is 0 Å². The third kappa shape index (κ3) is 4.57. The second-order valence-electron chi connectivity index (χ2n) is 6.73. The summed E-state index contributed by atoms with van der Waals surface area (Å²) in [4.78, 5) is 50.5. The lowest BCUT2D eigenvalue weighted by atomic mass is 10.1.